The number of aromatic nitrogens is 2. The van der Waals surface area contributed by atoms with Crippen LogP contribution < -0.4 is 0 Å². The molecule has 2 N–H and O–H groups in total. The van der Waals surface area contributed by atoms with Crippen LogP contribution in [0.2, 0.25) is 0 Å². The monoisotopic (exact) mass is 991 g/mol. The smallest absolute Gasteiger partial charge is 0.407 e. The van der Waals surface area contributed by atoms with Crippen molar-refractivity contribution in [3.8, 4) is 28.3 Å². The van der Waals surface area contributed by atoms with Crippen LogP contribution >= 0.6 is 38.6 Å². The van der Waals surface area contributed by atoms with Crippen LogP contribution in [0.3, 0.4) is 0 Å². The number of carboxylic acid groups (broad SMARTS) is 2. The zero-order valence-corrected chi connectivity index (χ0v) is 40.2. The van der Waals surface area contributed by atoms with Gasteiger partial charge in [-0.1, -0.05) is 93.9 Å². The van der Waals surface area contributed by atoms with Crippen molar-refractivity contribution in [3.05, 3.63) is 130 Å². The molecule has 6 aromatic rings. The number of pyridine rings is 2. The number of benzene rings is 2. The van der Waals surface area contributed by atoms with Gasteiger partial charge in [0.25, 0.3) is 0 Å². The van der Waals surface area contributed by atoms with Gasteiger partial charge in [-0.05, 0) is 64.9 Å². The zero-order chi connectivity index (χ0) is 46.3. The molecule has 0 spiro atoms. The number of hydrogen-bond acceptors (Lipinski definition) is 11. The molecule has 0 aliphatic rings. The topological polar surface area (TPSA) is 199 Å². The van der Waals surface area contributed by atoms with Crippen LogP contribution in [0.5, 0.6) is 0 Å². The molecule has 0 atom stereocenters. The SMILES string of the molecule is CC(C)(C)CN(Cc1cc(-c2ccccc2Br)c(S(=O)(=O)c2cccnc2)s1)C(=O)O.CC(C)(C)CN(Cc1cc(-c2ccccc2C#N)c(S(=O)(=O)c2cccnc2)s1)C(=O)O. The van der Waals surface area contributed by atoms with Crippen molar-refractivity contribution in [1.82, 2.24) is 19.8 Å². The second-order valence-electron chi connectivity index (χ2n) is 16.7. The fourth-order valence-corrected chi connectivity index (χ4v) is 13.1. The maximum absolute atomic E-state index is 13.4. The molecule has 0 bridgehead atoms. The van der Waals surface area contributed by atoms with Gasteiger partial charge in [0.1, 0.15) is 8.42 Å². The summed E-state index contributed by atoms with van der Waals surface area (Å²) in [6, 6.07) is 25.8. The third-order valence-corrected chi connectivity index (χ3v) is 16.4. The average molecular weight is 993 g/mol. The molecule has 4 heterocycles. The highest BCUT2D eigenvalue weighted by Gasteiger charge is 2.30. The highest BCUT2D eigenvalue weighted by molar-refractivity contribution is 9.10. The van der Waals surface area contributed by atoms with Gasteiger partial charge >= 0.3 is 12.2 Å². The van der Waals surface area contributed by atoms with Crippen LogP contribution in [0.4, 0.5) is 9.59 Å². The second-order valence-corrected chi connectivity index (χ2v) is 24.2. The molecule has 2 aromatic carbocycles. The van der Waals surface area contributed by atoms with Crippen molar-refractivity contribution in [2.45, 2.75) is 72.8 Å². The number of rotatable bonds is 12. The van der Waals surface area contributed by atoms with Gasteiger partial charge in [-0.2, -0.15) is 5.26 Å². The Morgan fingerprint density at radius 1 is 0.651 bits per heavy atom. The highest BCUT2D eigenvalue weighted by Crippen LogP contribution is 2.42. The van der Waals surface area contributed by atoms with Crippen LogP contribution in [-0.4, -0.2) is 72.1 Å². The Kier molecular flexibility index (Phi) is 15.4. The summed E-state index contributed by atoms with van der Waals surface area (Å²) in [7, 11) is -7.77. The third kappa shape index (κ3) is 12.4. The number of carbonyl (C=O) groups is 2. The fraction of sp³-hybridized carbons (Fsp3) is 0.267. The van der Waals surface area contributed by atoms with E-state index >= 15 is 0 Å². The number of thiophene rings is 2. The molecule has 0 fully saturated rings. The van der Waals surface area contributed by atoms with Crippen molar-refractivity contribution < 1.29 is 36.6 Å². The normalized spacial score (nSPS) is 11.8. The maximum atomic E-state index is 13.4. The number of amides is 2. The average Bonchev–Trinajstić information content (AvgIpc) is 3.86. The fourth-order valence-electron chi connectivity index (χ4n) is 6.40. The summed E-state index contributed by atoms with van der Waals surface area (Å²) in [5.74, 6) is 0. The first-order chi connectivity index (χ1) is 29.5. The summed E-state index contributed by atoms with van der Waals surface area (Å²) in [4.78, 5) is 35.4. The van der Waals surface area contributed by atoms with Crippen molar-refractivity contribution >= 4 is 70.5 Å². The Hall–Kier alpha value is -5.45. The van der Waals surface area contributed by atoms with E-state index in [-0.39, 0.29) is 48.7 Å². The van der Waals surface area contributed by atoms with E-state index in [0.717, 1.165) is 32.7 Å². The first-order valence-electron chi connectivity index (χ1n) is 19.3. The Morgan fingerprint density at radius 3 is 1.44 bits per heavy atom. The minimum atomic E-state index is -3.93. The van der Waals surface area contributed by atoms with Crippen LogP contribution in [0.25, 0.3) is 22.3 Å². The molecule has 63 heavy (non-hydrogen) atoms. The van der Waals surface area contributed by atoms with Crippen LogP contribution in [0.15, 0.2) is 132 Å². The number of hydrogen-bond donors (Lipinski definition) is 2. The molecule has 330 valence electrons. The lowest BCUT2D eigenvalue weighted by Crippen LogP contribution is -2.36. The van der Waals surface area contributed by atoms with Gasteiger partial charge in [0.15, 0.2) is 0 Å². The van der Waals surface area contributed by atoms with Gasteiger partial charge in [0, 0.05) is 68.8 Å². The molecule has 6 rings (SSSR count). The lowest BCUT2D eigenvalue weighted by Gasteiger charge is -2.27. The third-order valence-electron chi connectivity index (χ3n) is 8.94. The van der Waals surface area contributed by atoms with Gasteiger partial charge in [0.05, 0.1) is 34.5 Å². The summed E-state index contributed by atoms with van der Waals surface area (Å²) < 4.78 is 54.7. The van der Waals surface area contributed by atoms with Crippen LogP contribution in [0.1, 0.15) is 56.9 Å². The molecule has 18 heteroatoms. The Morgan fingerprint density at radius 2 is 1.06 bits per heavy atom. The van der Waals surface area contributed by atoms with Crippen molar-refractivity contribution in [2.24, 2.45) is 10.8 Å². The zero-order valence-electron chi connectivity index (χ0n) is 35.3. The van der Waals surface area contributed by atoms with Gasteiger partial charge < -0.3 is 20.0 Å². The van der Waals surface area contributed by atoms with E-state index in [4.69, 9.17) is 0 Å². The number of nitrogens with zero attached hydrogens (tertiary/aromatic N) is 5. The van der Waals surface area contributed by atoms with Gasteiger partial charge in [-0.15, -0.1) is 22.7 Å². The Bertz CT molecular complexity index is 2850. The largest absolute Gasteiger partial charge is 0.465 e. The minimum Gasteiger partial charge on any atom is -0.465 e. The van der Waals surface area contributed by atoms with E-state index in [1.165, 1.54) is 46.7 Å². The number of sulfone groups is 2. The van der Waals surface area contributed by atoms with Crippen molar-refractivity contribution in [1.29, 1.82) is 5.26 Å². The standard InChI is InChI=1S/C23H23N3O4S2.C22H23BrN2O4S2/c1-23(2,3)15-26(22(27)28)14-17-11-20(19-9-5-4-7-16(19)12-24)21(31-17)32(29,30)18-8-6-10-25-13-18;1-22(2,3)14-25(21(26)27)13-15-11-18(17-8-4-5-9-19(17)23)20(30-15)31(28,29)16-7-6-10-24-12-16/h4-11,13H,14-15H2,1-3H3,(H,27,28);4-12H,13-14H2,1-3H3,(H,26,27). The van der Waals surface area contributed by atoms with E-state index < -0.39 is 31.9 Å². The van der Waals surface area contributed by atoms with E-state index in [9.17, 15) is 41.9 Å². The number of halogens is 1. The summed E-state index contributed by atoms with van der Waals surface area (Å²) in [6.45, 7) is 12.5. The lowest BCUT2D eigenvalue weighted by molar-refractivity contribution is 0.123. The Balaban J connectivity index is 0.000000238. The predicted molar refractivity (Wildman–Crippen MR) is 247 cm³/mol. The molecule has 13 nitrogen and oxygen atoms in total. The maximum Gasteiger partial charge on any atom is 0.407 e. The second kappa shape index (κ2) is 19.9. The van der Waals surface area contributed by atoms with E-state index in [2.05, 4.69) is 32.0 Å². The first kappa shape index (κ1) is 48.6. The molecule has 2 amide bonds. The molecule has 0 radical (unpaired) electrons. The van der Waals surface area contributed by atoms with E-state index in [1.807, 2.05) is 65.8 Å². The van der Waals surface area contributed by atoms with Gasteiger partial charge in [-0.3, -0.25) is 9.97 Å². The number of nitriles is 1. The van der Waals surface area contributed by atoms with Gasteiger partial charge in [-0.25, -0.2) is 26.4 Å². The predicted octanol–water partition coefficient (Wildman–Crippen LogP) is 11.0. The highest BCUT2D eigenvalue weighted by atomic mass is 79.9. The molecular formula is C45H46BrN5O8S4. The van der Waals surface area contributed by atoms with Crippen molar-refractivity contribution in [3.63, 3.8) is 0 Å². The quantitative estimate of drug-likeness (QED) is 0.118. The van der Waals surface area contributed by atoms with E-state index in [0.29, 0.717) is 38.6 Å². The Labute approximate surface area is 384 Å². The first-order valence-corrected chi connectivity index (χ1v) is 24.7. The van der Waals surface area contributed by atoms with Crippen LogP contribution in [0, 0.1) is 22.2 Å². The summed E-state index contributed by atoms with van der Waals surface area (Å²) >= 11 is 5.62. The van der Waals surface area contributed by atoms with Crippen LogP contribution in [-0.2, 0) is 32.8 Å². The van der Waals surface area contributed by atoms with Crippen molar-refractivity contribution in [2.75, 3.05) is 13.1 Å². The summed E-state index contributed by atoms with van der Waals surface area (Å²) in [5.41, 5.74) is 1.97. The molecule has 0 aliphatic carbocycles. The molecule has 0 aliphatic heterocycles. The van der Waals surface area contributed by atoms with E-state index in [1.54, 1.807) is 48.5 Å². The molecular weight excluding hydrogens is 947 g/mol. The lowest BCUT2D eigenvalue weighted by atomic mass is 9.96. The minimum absolute atomic E-state index is 0.0360. The molecule has 0 unspecified atom stereocenters. The molecule has 0 saturated carbocycles. The molecule has 4 aromatic heterocycles. The summed E-state index contributed by atoms with van der Waals surface area (Å²) in [6.07, 6.45) is 3.48. The summed E-state index contributed by atoms with van der Waals surface area (Å²) in [5, 5.41) is 28.9. The molecule has 0 saturated heterocycles. The van der Waals surface area contributed by atoms with Gasteiger partial charge in [0.2, 0.25) is 19.7 Å².